The van der Waals surface area contributed by atoms with E-state index in [0.29, 0.717) is 30.1 Å². The number of hydrogen-bond donors (Lipinski definition) is 3. The van der Waals surface area contributed by atoms with Crippen LogP contribution < -0.4 is 5.32 Å². The van der Waals surface area contributed by atoms with Crippen LogP contribution in [0, 0.1) is 6.92 Å². The van der Waals surface area contributed by atoms with Crippen molar-refractivity contribution in [3.05, 3.63) is 58.9 Å². The number of ether oxygens (including phenoxy) is 1. The number of nitrogens with one attached hydrogen (secondary N) is 2. The van der Waals surface area contributed by atoms with E-state index in [9.17, 15) is 9.59 Å². The summed E-state index contributed by atoms with van der Waals surface area (Å²) in [7, 11) is 0. The SMILES string of the molecule is C=C(OCC)c1[nH]c(/C=C2\C(=O)Nc3ccccc32)c(CCC(=O)O)c1C. The molecule has 2 aromatic rings. The van der Waals surface area contributed by atoms with E-state index in [-0.39, 0.29) is 12.3 Å². The Morgan fingerprint density at radius 1 is 1.33 bits per heavy atom. The van der Waals surface area contributed by atoms with Crippen molar-refractivity contribution in [2.45, 2.75) is 26.7 Å². The molecule has 27 heavy (non-hydrogen) atoms. The Labute approximate surface area is 157 Å². The Balaban J connectivity index is 2.08. The highest BCUT2D eigenvalue weighted by atomic mass is 16.5. The van der Waals surface area contributed by atoms with Crippen LogP contribution in [0.15, 0.2) is 30.8 Å². The number of aliphatic carboxylic acids is 1. The summed E-state index contributed by atoms with van der Waals surface area (Å²) in [6, 6.07) is 7.47. The number of carboxylic acids is 1. The first-order valence-electron chi connectivity index (χ1n) is 8.80. The fraction of sp³-hybridized carbons (Fsp3) is 0.238. The number of carbonyl (C=O) groups excluding carboxylic acids is 1. The topological polar surface area (TPSA) is 91.4 Å². The zero-order valence-corrected chi connectivity index (χ0v) is 15.4. The van der Waals surface area contributed by atoms with Gasteiger partial charge in [0, 0.05) is 23.4 Å². The van der Waals surface area contributed by atoms with Gasteiger partial charge in [0.1, 0.15) is 5.76 Å². The number of para-hydroxylation sites is 1. The minimum atomic E-state index is -0.872. The van der Waals surface area contributed by atoms with Gasteiger partial charge in [-0.15, -0.1) is 0 Å². The molecule has 0 radical (unpaired) electrons. The van der Waals surface area contributed by atoms with Crippen LogP contribution in [0.3, 0.4) is 0 Å². The molecule has 3 N–H and O–H groups in total. The minimum Gasteiger partial charge on any atom is -0.492 e. The number of rotatable bonds is 7. The van der Waals surface area contributed by atoms with Gasteiger partial charge in [0.05, 0.1) is 17.9 Å². The summed E-state index contributed by atoms with van der Waals surface area (Å²) in [6.07, 6.45) is 2.12. The first-order chi connectivity index (χ1) is 12.9. The van der Waals surface area contributed by atoms with Crippen LogP contribution in [0.5, 0.6) is 0 Å². The Kier molecular flexibility index (Phi) is 5.16. The zero-order chi connectivity index (χ0) is 19.6. The zero-order valence-electron chi connectivity index (χ0n) is 15.4. The fourth-order valence-electron chi connectivity index (χ4n) is 3.29. The summed E-state index contributed by atoms with van der Waals surface area (Å²) < 4.78 is 5.51. The molecule has 2 heterocycles. The Morgan fingerprint density at radius 3 is 2.78 bits per heavy atom. The van der Waals surface area contributed by atoms with Crippen LogP contribution in [-0.2, 0) is 20.7 Å². The molecule has 0 saturated heterocycles. The van der Waals surface area contributed by atoms with E-state index in [1.807, 2.05) is 38.1 Å². The summed E-state index contributed by atoms with van der Waals surface area (Å²) in [6.45, 7) is 8.19. The number of aromatic amines is 1. The van der Waals surface area contributed by atoms with Crippen LogP contribution in [0.4, 0.5) is 5.69 Å². The molecule has 0 saturated carbocycles. The molecular formula is C21H22N2O4. The van der Waals surface area contributed by atoms with E-state index in [0.717, 1.165) is 28.1 Å². The van der Waals surface area contributed by atoms with Crippen molar-refractivity contribution in [1.29, 1.82) is 0 Å². The van der Waals surface area contributed by atoms with Gasteiger partial charge in [-0.25, -0.2) is 0 Å². The molecule has 6 heteroatoms. The Hall–Kier alpha value is -3.28. The molecule has 6 nitrogen and oxygen atoms in total. The number of carboxylic acid groups (broad SMARTS) is 1. The standard InChI is InChI=1S/C21H22N2O4/c1-4-27-13(3)20-12(2)14(9-10-19(24)25)18(22-20)11-16-15-7-5-6-8-17(15)23-21(16)26/h5-8,11,22H,3-4,9-10H2,1-2H3,(H,23,26)(H,24,25)/b16-11-. The summed E-state index contributed by atoms with van der Waals surface area (Å²) >= 11 is 0. The number of fused-ring (bicyclic) bond motifs is 1. The van der Waals surface area contributed by atoms with Gasteiger partial charge in [0.2, 0.25) is 0 Å². The summed E-state index contributed by atoms with van der Waals surface area (Å²) in [5.41, 5.74) is 5.28. The number of hydrogen-bond acceptors (Lipinski definition) is 3. The Morgan fingerprint density at radius 2 is 2.07 bits per heavy atom. The number of amides is 1. The van der Waals surface area contributed by atoms with Crippen molar-refractivity contribution in [3.63, 3.8) is 0 Å². The highest BCUT2D eigenvalue weighted by Crippen LogP contribution is 2.34. The third-order valence-electron chi connectivity index (χ3n) is 4.60. The number of anilines is 1. The van der Waals surface area contributed by atoms with Gasteiger partial charge in [-0.1, -0.05) is 24.8 Å². The van der Waals surface area contributed by atoms with Crippen LogP contribution in [0.1, 0.15) is 41.4 Å². The van der Waals surface area contributed by atoms with Gasteiger partial charge in [-0.2, -0.15) is 0 Å². The largest absolute Gasteiger partial charge is 0.492 e. The number of benzene rings is 1. The predicted molar refractivity (Wildman–Crippen MR) is 105 cm³/mol. The second-order valence-electron chi connectivity index (χ2n) is 6.32. The third kappa shape index (κ3) is 3.65. The van der Waals surface area contributed by atoms with Gasteiger partial charge in [-0.3, -0.25) is 9.59 Å². The van der Waals surface area contributed by atoms with Crippen molar-refractivity contribution in [3.8, 4) is 0 Å². The van der Waals surface area contributed by atoms with E-state index in [1.165, 1.54) is 0 Å². The van der Waals surface area contributed by atoms with Crippen LogP contribution in [0.2, 0.25) is 0 Å². The molecule has 1 aromatic carbocycles. The molecule has 140 valence electrons. The van der Waals surface area contributed by atoms with Gasteiger partial charge in [-0.05, 0) is 43.5 Å². The van der Waals surface area contributed by atoms with Gasteiger partial charge < -0.3 is 20.1 Å². The number of H-pyrrole nitrogens is 1. The maximum Gasteiger partial charge on any atom is 0.303 e. The van der Waals surface area contributed by atoms with E-state index in [1.54, 1.807) is 6.08 Å². The molecular weight excluding hydrogens is 344 g/mol. The van der Waals surface area contributed by atoms with E-state index in [4.69, 9.17) is 9.84 Å². The summed E-state index contributed by atoms with van der Waals surface area (Å²) in [4.78, 5) is 26.7. The minimum absolute atomic E-state index is 0.00178. The van der Waals surface area contributed by atoms with E-state index < -0.39 is 5.97 Å². The van der Waals surface area contributed by atoms with Crippen molar-refractivity contribution in [2.75, 3.05) is 11.9 Å². The van der Waals surface area contributed by atoms with Crippen LogP contribution in [0.25, 0.3) is 17.4 Å². The smallest absolute Gasteiger partial charge is 0.303 e. The van der Waals surface area contributed by atoms with E-state index >= 15 is 0 Å². The average Bonchev–Trinajstić information content (AvgIpc) is 3.11. The molecule has 0 spiro atoms. The molecule has 0 aliphatic carbocycles. The average molecular weight is 366 g/mol. The fourth-order valence-corrected chi connectivity index (χ4v) is 3.29. The molecule has 1 aliphatic rings. The lowest BCUT2D eigenvalue weighted by molar-refractivity contribution is -0.137. The summed E-state index contributed by atoms with van der Waals surface area (Å²) in [5, 5.41) is 11.9. The normalized spacial score (nSPS) is 14.1. The molecule has 0 unspecified atom stereocenters. The first kappa shape index (κ1) is 18.5. The van der Waals surface area contributed by atoms with Crippen molar-refractivity contribution >= 4 is 35.0 Å². The van der Waals surface area contributed by atoms with Crippen LogP contribution in [-0.4, -0.2) is 28.6 Å². The van der Waals surface area contributed by atoms with E-state index in [2.05, 4.69) is 16.9 Å². The molecule has 1 amide bonds. The van der Waals surface area contributed by atoms with Gasteiger partial charge >= 0.3 is 5.97 Å². The van der Waals surface area contributed by atoms with Gasteiger partial charge in [0.15, 0.2) is 0 Å². The van der Waals surface area contributed by atoms with Crippen molar-refractivity contribution in [2.24, 2.45) is 0 Å². The molecule has 3 rings (SSSR count). The quantitative estimate of drug-likeness (QED) is 0.513. The summed E-state index contributed by atoms with van der Waals surface area (Å²) in [5.74, 6) is -0.561. The lowest BCUT2D eigenvalue weighted by atomic mass is 10.0. The Bertz CT molecular complexity index is 953. The second kappa shape index (κ2) is 7.53. The lowest BCUT2D eigenvalue weighted by Gasteiger charge is -2.06. The molecule has 0 bridgehead atoms. The molecule has 1 aromatic heterocycles. The molecule has 1 aliphatic heterocycles. The highest BCUT2D eigenvalue weighted by molar-refractivity contribution is 6.34. The van der Waals surface area contributed by atoms with Gasteiger partial charge in [0.25, 0.3) is 5.91 Å². The lowest BCUT2D eigenvalue weighted by Crippen LogP contribution is -2.04. The predicted octanol–water partition coefficient (Wildman–Crippen LogP) is 3.84. The second-order valence-corrected chi connectivity index (χ2v) is 6.32. The van der Waals surface area contributed by atoms with Crippen LogP contribution >= 0.6 is 0 Å². The number of aromatic nitrogens is 1. The maximum absolute atomic E-state index is 12.4. The monoisotopic (exact) mass is 366 g/mol. The highest BCUT2D eigenvalue weighted by Gasteiger charge is 2.25. The van der Waals surface area contributed by atoms with Crippen molar-refractivity contribution < 1.29 is 19.4 Å². The molecule has 0 fully saturated rings. The first-order valence-corrected chi connectivity index (χ1v) is 8.80. The molecule has 0 atom stereocenters. The maximum atomic E-state index is 12.4. The number of carbonyl (C=O) groups is 2. The third-order valence-corrected chi connectivity index (χ3v) is 4.60. The van der Waals surface area contributed by atoms with Crippen molar-refractivity contribution in [1.82, 2.24) is 4.98 Å².